The van der Waals surface area contributed by atoms with Crippen LogP contribution in [-0.4, -0.2) is 35.5 Å². The number of benzene rings is 3. The highest BCUT2D eigenvalue weighted by atomic mass is 16.5. The SMILES string of the molecule is COc1ccc(Nc2cc(OC)c(OC)cc2Nc2ccc(OC)cc2OC)cc1. The largest absolute Gasteiger partial charge is 0.497 e. The van der Waals surface area contributed by atoms with Gasteiger partial charge in [-0.2, -0.15) is 0 Å². The van der Waals surface area contributed by atoms with Crippen molar-refractivity contribution in [3.63, 3.8) is 0 Å². The monoisotopic (exact) mass is 410 g/mol. The third kappa shape index (κ3) is 4.63. The quantitative estimate of drug-likeness (QED) is 0.501. The molecule has 3 rings (SSSR count). The summed E-state index contributed by atoms with van der Waals surface area (Å²) in [4.78, 5) is 0. The number of hydrogen-bond acceptors (Lipinski definition) is 7. The summed E-state index contributed by atoms with van der Waals surface area (Å²) >= 11 is 0. The first-order chi connectivity index (χ1) is 14.6. The first kappa shape index (κ1) is 21.0. The molecule has 30 heavy (non-hydrogen) atoms. The smallest absolute Gasteiger partial charge is 0.162 e. The highest BCUT2D eigenvalue weighted by molar-refractivity contribution is 5.83. The predicted octanol–water partition coefficient (Wildman–Crippen LogP) is 5.22. The van der Waals surface area contributed by atoms with Crippen LogP contribution in [0, 0.1) is 0 Å². The minimum absolute atomic E-state index is 0.604. The van der Waals surface area contributed by atoms with Crippen LogP contribution >= 0.6 is 0 Å². The van der Waals surface area contributed by atoms with Crippen molar-refractivity contribution in [2.75, 3.05) is 46.2 Å². The van der Waals surface area contributed by atoms with Crippen LogP contribution in [-0.2, 0) is 0 Å². The first-order valence-electron chi connectivity index (χ1n) is 9.28. The van der Waals surface area contributed by atoms with Gasteiger partial charge in [-0.15, -0.1) is 0 Å². The molecule has 0 aliphatic carbocycles. The average molecular weight is 410 g/mol. The second-order valence-corrected chi connectivity index (χ2v) is 6.30. The summed E-state index contributed by atoms with van der Waals surface area (Å²) in [6.07, 6.45) is 0. The highest BCUT2D eigenvalue weighted by Gasteiger charge is 2.14. The zero-order valence-electron chi connectivity index (χ0n) is 17.7. The molecule has 0 saturated heterocycles. The lowest BCUT2D eigenvalue weighted by Gasteiger charge is -2.19. The first-order valence-corrected chi connectivity index (χ1v) is 9.28. The number of hydrogen-bond donors (Lipinski definition) is 2. The Morgan fingerprint density at radius 1 is 0.467 bits per heavy atom. The standard InChI is InChI=1S/C23H26N2O5/c1-26-16-8-6-15(7-9-16)24-19-13-22(29-4)23(30-5)14-20(19)25-18-11-10-17(27-2)12-21(18)28-3/h6-14,24-25H,1-5H3. The van der Waals surface area contributed by atoms with Crippen molar-refractivity contribution in [2.45, 2.75) is 0 Å². The van der Waals surface area contributed by atoms with Gasteiger partial charge in [-0.3, -0.25) is 0 Å². The van der Waals surface area contributed by atoms with Gasteiger partial charge in [0.1, 0.15) is 17.2 Å². The van der Waals surface area contributed by atoms with Gasteiger partial charge in [-0.1, -0.05) is 0 Å². The number of ether oxygens (including phenoxy) is 5. The fourth-order valence-electron chi connectivity index (χ4n) is 2.96. The molecule has 7 heteroatoms. The van der Waals surface area contributed by atoms with E-state index in [1.165, 1.54) is 0 Å². The Morgan fingerprint density at radius 2 is 1.00 bits per heavy atom. The summed E-state index contributed by atoms with van der Waals surface area (Å²) in [5.74, 6) is 3.36. The maximum Gasteiger partial charge on any atom is 0.162 e. The Morgan fingerprint density at radius 3 is 1.53 bits per heavy atom. The van der Waals surface area contributed by atoms with Gasteiger partial charge < -0.3 is 34.3 Å². The van der Waals surface area contributed by atoms with E-state index in [0.717, 1.165) is 28.5 Å². The van der Waals surface area contributed by atoms with E-state index in [-0.39, 0.29) is 0 Å². The third-order valence-electron chi connectivity index (χ3n) is 4.57. The molecule has 0 unspecified atom stereocenters. The Kier molecular flexibility index (Phi) is 6.75. The normalized spacial score (nSPS) is 10.2. The molecule has 158 valence electrons. The second kappa shape index (κ2) is 9.65. The lowest BCUT2D eigenvalue weighted by molar-refractivity contribution is 0.355. The van der Waals surface area contributed by atoms with Crippen molar-refractivity contribution >= 4 is 22.7 Å². The van der Waals surface area contributed by atoms with Crippen LogP contribution in [0.25, 0.3) is 0 Å². The summed E-state index contributed by atoms with van der Waals surface area (Å²) in [6, 6.07) is 17.0. The summed E-state index contributed by atoms with van der Waals surface area (Å²) < 4.78 is 27.0. The molecule has 0 radical (unpaired) electrons. The van der Waals surface area contributed by atoms with E-state index in [2.05, 4.69) is 10.6 Å². The average Bonchev–Trinajstić information content (AvgIpc) is 2.80. The molecule has 2 N–H and O–H groups in total. The van der Waals surface area contributed by atoms with Gasteiger partial charge >= 0.3 is 0 Å². The van der Waals surface area contributed by atoms with Crippen molar-refractivity contribution in [2.24, 2.45) is 0 Å². The summed E-state index contributed by atoms with van der Waals surface area (Å²) in [5.41, 5.74) is 3.26. The topological polar surface area (TPSA) is 70.2 Å². The van der Waals surface area contributed by atoms with E-state index in [0.29, 0.717) is 23.0 Å². The molecule has 0 aliphatic rings. The van der Waals surface area contributed by atoms with Crippen LogP contribution in [0.4, 0.5) is 22.7 Å². The molecule has 3 aromatic rings. The number of methoxy groups -OCH3 is 5. The molecule has 0 heterocycles. The van der Waals surface area contributed by atoms with Gasteiger partial charge in [-0.05, 0) is 36.4 Å². The predicted molar refractivity (Wildman–Crippen MR) is 119 cm³/mol. The van der Waals surface area contributed by atoms with Crippen LogP contribution in [0.2, 0.25) is 0 Å². The fraction of sp³-hybridized carbons (Fsp3) is 0.217. The van der Waals surface area contributed by atoms with Gasteiger partial charge in [0.2, 0.25) is 0 Å². The second-order valence-electron chi connectivity index (χ2n) is 6.30. The molecule has 0 aliphatic heterocycles. The van der Waals surface area contributed by atoms with E-state index >= 15 is 0 Å². The van der Waals surface area contributed by atoms with E-state index in [1.807, 2.05) is 54.6 Å². The van der Waals surface area contributed by atoms with Crippen molar-refractivity contribution in [3.05, 3.63) is 54.6 Å². The van der Waals surface area contributed by atoms with Crippen molar-refractivity contribution in [1.82, 2.24) is 0 Å². The van der Waals surface area contributed by atoms with E-state index in [1.54, 1.807) is 35.5 Å². The van der Waals surface area contributed by atoms with Gasteiger partial charge in [0.25, 0.3) is 0 Å². The molecule has 0 spiro atoms. The molecule has 0 aromatic heterocycles. The minimum Gasteiger partial charge on any atom is -0.497 e. The van der Waals surface area contributed by atoms with E-state index < -0.39 is 0 Å². The molecule has 3 aromatic carbocycles. The molecule has 0 bridgehead atoms. The number of anilines is 4. The van der Waals surface area contributed by atoms with Crippen LogP contribution in [0.5, 0.6) is 28.7 Å². The summed E-state index contributed by atoms with van der Waals surface area (Å²) in [5, 5.41) is 6.82. The Hall–Kier alpha value is -3.74. The van der Waals surface area contributed by atoms with E-state index in [4.69, 9.17) is 23.7 Å². The zero-order chi connectivity index (χ0) is 21.5. The van der Waals surface area contributed by atoms with Crippen molar-refractivity contribution < 1.29 is 23.7 Å². The molecular weight excluding hydrogens is 384 g/mol. The number of rotatable bonds is 9. The van der Waals surface area contributed by atoms with Crippen molar-refractivity contribution in [3.8, 4) is 28.7 Å². The molecule has 0 saturated carbocycles. The van der Waals surface area contributed by atoms with Gasteiger partial charge in [0.15, 0.2) is 11.5 Å². The van der Waals surface area contributed by atoms with Crippen LogP contribution in [0.15, 0.2) is 54.6 Å². The maximum absolute atomic E-state index is 5.51. The minimum atomic E-state index is 0.604. The Balaban J connectivity index is 2.01. The molecular formula is C23H26N2O5. The molecule has 0 amide bonds. The molecule has 7 nitrogen and oxygen atoms in total. The number of nitrogens with one attached hydrogen (secondary N) is 2. The summed E-state index contributed by atoms with van der Waals surface area (Å²) in [6.45, 7) is 0. The van der Waals surface area contributed by atoms with Crippen LogP contribution < -0.4 is 34.3 Å². The Bertz CT molecular complexity index is 990. The lowest BCUT2D eigenvalue weighted by Crippen LogP contribution is -2.02. The molecule has 0 fully saturated rings. The van der Waals surface area contributed by atoms with Crippen LogP contribution in [0.1, 0.15) is 0 Å². The van der Waals surface area contributed by atoms with Crippen molar-refractivity contribution in [1.29, 1.82) is 0 Å². The maximum atomic E-state index is 5.51. The fourth-order valence-corrected chi connectivity index (χ4v) is 2.96. The van der Waals surface area contributed by atoms with Gasteiger partial charge in [0, 0.05) is 23.9 Å². The lowest BCUT2D eigenvalue weighted by atomic mass is 10.2. The van der Waals surface area contributed by atoms with Crippen LogP contribution in [0.3, 0.4) is 0 Å². The van der Waals surface area contributed by atoms with Gasteiger partial charge in [0.05, 0.1) is 52.6 Å². The zero-order valence-corrected chi connectivity index (χ0v) is 17.7. The summed E-state index contributed by atoms with van der Waals surface area (Å²) in [7, 11) is 8.08. The Labute approximate surface area is 176 Å². The highest BCUT2D eigenvalue weighted by Crippen LogP contribution is 2.41. The van der Waals surface area contributed by atoms with E-state index in [9.17, 15) is 0 Å². The third-order valence-corrected chi connectivity index (χ3v) is 4.57. The molecule has 0 atom stereocenters. The van der Waals surface area contributed by atoms with Gasteiger partial charge in [-0.25, -0.2) is 0 Å².